The van der Waals surface area contributed by atoms with Crippen molar-refractivity contribution in [1.29, 1.82) is 0 Å². The number of nitrogens with one attached hydrogen (secondary N) is 1. The molecular weight excluding hydrogens is 318 g/mol. The molecule has 0 spiro atoms. The van der Waals surface area contributed by atoms with Crippen LogP contribution in [0.25, 0.3) is 10.6 Å². The first-order chi connectivity index (χ1) is 11.6. The molecule has 1 atom stereocenters. The van der Waals surface area contributed by atoms with E-state index in [1.807, 2.05) is 36.6 Å². The van der Waals surface area contributed by atoms with Gasteiger partial charge in [-0.25, -0.2) is 4.98 Å². The van der Waals surface area contributed by atoms with Crippen LogP contribution in [-0.4, -0.2) is 41.5 Å². The number of amides is 1. The summed E-state index contributed by atoms with van der Waals surface area (Å²) in [5.74, 6) is -0.00557. The molecule has 1 aromatic heterocycles. The van der Waals surface area contributed by atoms with Gasteiger partial charge < -0.3 is 5.32 Å². The lowest BCUT2D eigenvalue weighted by atomic mass is 10.1. The lowest BCUT2D eigenvalue weighted by Gasteiger charge is -2.32. The van der Waals surface area contributed by atoms with Crippen molar-refractivity contribution in [3.05, 3.63) is 40.9 Å². The minimum absolute atomic E-state index is 0.00557. The second-order valence-corrected chi connectivity index (χ2v) is 7.39. The van der Waals surface area contributed by atoms with Crippen molar-refractivity contribution in [2.75, 3.05) is 19.6 Å². The topological polar surface area (TPSA) is 45.2 Å². The Hall–Kier alpha value is -1.72. The van der Waals surface area contributed by atoms with Crippen LogP contribution in [0.15, 0.2) is 29.6 Å². The Morgan fingerprint density at radius 1 is 1.33 bits per heavy atom. The maximum Gasteiger partial charge on any atom is 0.251 e. The Bertz CT molecular complexity index is 691. The minimum Gasteiger partial charge on any atom is -0.350 e. The Morgan fingerprint density at radius 3 is 2.83 bits per heavy atom. The largest absolute Gasteiger partial charge is 0.350 e. The van der Waals surface area contributed by atoms with Crippen LogP contribution in [0.2, 0.25) is 0 Å². The highest BCUT2D eigenvalue weighted by molar-refractivity contribution is 7.13. The van der Waals surface area contributed by atoms with Crippen molar-refractivity contribution >= 4 is 17.2 Å². The van der Waals surface area contributed by atoms with E-state index in [-0.39, 0.29) is 5.91 Å². The number of aromatic nitrogens is 1. The number of carbonyl (C=O) groups excluding carboxylic acids is 1. The van der Waals surface area contributed by atoms with E-state index in [4.69, 9.17) is 0 Å². The zero-order valence-electron chi connectivity index (χ0n) is 14.4. The fraction of sp³-hybridized carbons (Fsp3) is 0.474. The third kappa shape index (κ3) is 4.22. The number of aryl methyl sites for hydroxylation is 1. The Labute approximate surface area is 147 Å². The number of benzene rings is 1. The minimum atomic E-state index is -0.00557. The summed E-state index contributed by atoms with van der Waals surface area (Å²) in [6, 6.07) is 8.11. The van der Waals surface area contributed by atoms with Crippen LogP contribution in [0.1, 0.15) is 42.2 Å². The second-order valence-electron chi connectivity index (χ2n) is 6.53. The fourth-order valence-electron chi connectivity index (χ4n) is 3.11. The molecule has 1 aromatic carbocycles. The summed E-state index contributed by atoms with van der Waals surface area (Å²) in [7, 11) is 0. The number of hydrogen-bond acceptors (Lipinski definition) is 4. The smallest absolute Gasteiger partial charge is 0.251 e. The highest BCUT2D eigenvalue weighted by Gasteiger charge is 2.17. The number of hydrogen-bond donors (Lipinski definition) is 1. The van der Waals surface area contributed by atoms with E-state index in [0.717, 1.165) is 29.4 Å². The van der Waals surface area contributed by atoms with Gasteiger partial charge in [0.05, 0.1) is 0 Å². The van der Waals surface area contributed by atoms with E-state index in [9.17, 15) is 4.79 Å². The number of thiazole rings is 1. The van der Waals surface area contributed by atoms with Crippen LogP contribution in [0.3, 0.4) is 0 Å². The van der Waals surface area contributed by atoms with Crippen LogP contribution in [0.4, 0.5) is 0 Å². The van der Waals surface area contributed by atoms with E-state index in [1.54, 1.807) is 11.3 Å². The highest BCUT2D eigenvalue weighted by atomic mass is 32.1. The SMILES string of the molecule is Cc1csc(-c2cccc(C(=O)NCC(C)N3CCCCC3)c2)n1. The maximum atomic E-state index is 12.5. The van der Waals surface area contributed by atoms with Crippen molar-refractivity contribution in [2.24, 2.45) is 0 Å². The zero-order chi connectivity index (χ0) is 16.9. The summed E-state index contributed by atoms with van der Waals surface area (Å²) >= 11 is 1.61. The molecule has 0 aliphatic carbocycles. The molecule has 1 amide bonds. The quantitative estimate of drug-likeness (QED) is 0.900. The van der Waals surface area contributed by atoms with Gasteiger partial charge >= 0.3 is 0 Å². The number of piperidine rings is 1. The van der Waals surface area contributed by atoms with Gasteiger partial charge in [0, 0.05) is 34.8 Å². The lowest BCUT2D eigenvalue weighted by Crippen LogP contribution is -2.44. The number of likely N-dealkylation sites (tertiary alicyclic amines) is 1. The molecule has 1 unspecified atom stereocenters. The van der Waals surface area contributed by atoms with Crippen molar-refractivity contribution in [2.45, 2.75) is 39.2 Å². The van der Waals surface area contributed by atoms with Crippen LogP contribution >= 0.6 is 11.3 Å². The first kappa shape index (κ1) is 17.1. The molecule has 3 rings (SSSR count). The van der Waals surface area contributed by atoms with Gasteiger partial charge in [0.25, 0.3) is 5.91 Å². The summed E-state index contributed by atoms with van der Waals surface area (Å²) in [4.78, 5) is 19.4. The molecular formula is C19H25N3OS. The summed E-state index contributed by atoms with van der Waals surface area (Å²) in [5.41, 5.74) is 2.72. The zero-order valence-corrected chi connectivity index (χ0v) is 15.2. The van der Waals surface area contributed by atoms with Gasteiger partial charge in [-0.2, -0.15) is 0 Å². The van der Waals surface area contributed by atoms with E-state index < -0.39 is 0 Å². The number of rotatable bonds is 5. The molecule has 1 aliphatic heterocycles. The lowest BCUT2D eigenvalue weighted by molar-refractivity contribution is 0.0930. The van der Waals surface area contributed by atoms with E-state index in [1.165, 1.54) is 19.3 Å². The maximum absolute atomic E-state index is 12.5. The number of carbonyl (C=O) groups is 1. The summed E-state index contributed by atoms with van der Waals surface area (Å²) in [5, 5.41) is 6.07. The molecule has 0 saturated carbocycles. The van der Waals surface area contributed by atoms with Gasteiger partial charge in [0.15, 0.2) is 0 Å². The molecule has 1 fully saturated rings. The molecule has 0 bridgehead atoms. The van der Waals surface area contributed by atoms with Crippen LogP contribution in [0, 0.1) is 6.92 Å². The Balaban J connectivity index is 1.60. The van der Waals surface area contributed by atoms with Gasteiger partial charge in [-0.1, -0.05) is 18.6 Å². The molecule has 1 aliphatic rings. The van der Waals surface area contributed by atoms with Crippen LogP contribution < -0.4 is 5.32 Å². The van der Waals surface area contributed by atoms with Crippen molar-refractivity contribution < 1.29 is 4.79 Å². The van der Waals surface area contributed by atoms with Gasteiger partial charge in [-0.3, -0.25) is 9.69 Å². The van der Waals surface area contributed by atoms with Gasteiger partial charge in [-0.05, 0) is 51.9 Å². The van der Waals surface area contributed by atoms with Crippen molar-refractivity contribution in [3.8, 4) is 10.6 Å². The molecule has 24 heavy (non-hydrogen) atoms. The third-order valence-electron chi connectivity index (χ3n) is 4.56. The predicted octanol–water partition coefficient (Wildman–Crippen LogP) is 3.72. The number of nitrogens with zero attached hydrogens (tertiary/aromatic N) is 2. The molecule has 1 N–H and O–H groups in total. The first-order valence-electron chi connectivity index (χ1n) is 8.68. The molecule has 0 radical (unpaired) electrons. The van der Waals surface area contributed by atoms with Gasteiger partial charge in [0.1, 0.15) is 5.01 Å². The van der Waals surface area contributed by atoms with Crippen molar-refractivity contribution in [1.82, 2.24) is 15.2 Å². The Morgan fingerprint density at radius 2 is 2.12 bits per heavy atom. The molecule has 4 nitrogen and oxygen atoms in total. The molecule has 2 heterocycles. The van der Waals surface area contributed by atoms with Crippen LogP contribution in [0.5, 0.6) is 0 Å². The summed E-state index contributed by atoms with van der Waals surface area (Å²) in [6.07, 6.45) is 3.87. The fourth-order valence-corrected chi connectivity index (χ4v) is 3.91. The average Bonchev–Trinajstić information content (AvgIpc) is 3.06. The van der Waals surface area contributed by atoms with Gasteiger partial charge in [-0.15, -0.1) is 11.3 Å². The molecule has 128 valence electrons. The van der Waals surface area contributed by atoms with Crippen molar-refractivity contribution in [3.63, 3.8) is 0 Å². The third-order valence-corrected chi connectivity index (χ3v) is 5.57. The predicted molar refractivity (Wildman–Crippen MR) is 99.5 cm³/mol. The van der Waals surface area contributed by atoms with Gasteiger partial charge in [0.2, 0.25) is 0 Å². The monoisotopic (exact) mass is 343 g/mol. The summed E-state index contributed by atoms with van der Waals surface area (Å²) in [6.45, 7) is 7.17. The highest BCUT2D eigenvalue weighted by Crippen LogP contribution is 2.24. The van der Waals surface area contributed by atoms with E-state index in [0.29, 0.717) is 18.2 Å². The van der Waals surface area contributed by atoms with Crippen LogP contribution in [-0.2, 0) is 0 Å². The van der Waals surface area contributed by atoms with E-state index >= 15 is 0 Å². The van der Waals surface area contributed by atoms with E-state index in [2.05, 4.69) is 22.1 Å². The summed E-state index contributed by atoms with van der Waals surface area (Å²) < 4.78 is 0. The molecule has 1 saturated heterocycles. The second kappa shape index (κ2) is 7.90. The molecule has 2 aromatic rings. The molecule has 5 heteroatoms. The standard InChI is InChI=1S/C19H25N3OS/c1-14-13-24-19(21-14)17-8-6-7-16(11-17)18(23)20-12-15(2)22-9-4-3-5-10-22/h6-8,11,13,15H,3-5,9-10,12H2,1-2H3,(H,20,23). The first-order valence-corrected chi connectivity index (χ1v) is 9.56. The normalized spacial score (nSPS) is 16.8. The average molecular weight is 343 g/mol. The Kier molecular flexibility index (Phi) is 5.63.